The molecule has 0 aliphatic carbocycles. The van der Waals surface area contributed by atoms with Crippen LogP contribution in [0.4, 0.5) is 11.4 Å². The van der Waals surface area contributed by atoms with Crippen LogP contribution in [0.2, 0.25) is 0 Å². The molecule has 0 radical (unpaired) electrons. The Morgan fingerprint density at radius 1 is 1.40 bits per heavy atom. The molecule has 0 bridgehead atoms. The van der Waals surface area contributed by atoms with Gasteiger partial charge in [0.2, 0.25) is 11.8 Å². The molecule has 4 N–H and O–H groups in total. The summed E-state index contributed by atoms with van der Waals surface area (Å²) in [7, 11) is 0. The van der Waals surface area contributed by atoms with Crippen molar-refractivity contribution in [2.24, 2.45) is 5.73 Å². The summed E-state index contributed by atoms with van der Waals surface area (Å²) in [6.45, 7) is 0.764. The Balaban J connectivity index is 1.75. The van der Waals surface area contributed by atoms with Crippen molar-refractivity contribution in [1.82, 2.24) is 0 Å². The molecule has 2 heterocycles. The summed E-state index contributed by atoms with van der Waals surface area (Å²) in [4.78, 5) is 23.5. The second-order valence-corrected chi connectivity index (χ2v) is 5.33. The van der Waals surface area contributed by atoms with Crippen LogP contribution in [-0.4, -0.2) is 30.6 Å². The van der Waals surface area contributed by atoms with Crippen molar-refractivity contribution in [3.63, 3.8) is 0 Å². The van der Waals surface area contributed by atoms with Crippen LogP contribution in [0.1, 0.15) is 18.4 Å². The predicted octanol–water partition coefficient (Wildman–Crippen LogP) is 0.628. The van der Waals surface area contributed by atoms with Gasteiger partial charge in [0.15, 0.2) is 0 Å². The number of rotatable bonds is 2. The molecular weight excluding hydrogens is 258 g/mol. The highest BCUT2D eigenvalue weighted by Crippen LogP contribution is 2.26. The van der Waals surface area contributed by atoms with Crippen molar-refractivity contribution in [2.45, 2.75) is 24.8 Å². The minimum atomic E-state index is -0.940. The van der Waals surface area contributed by atoms with Crippen LogP contribution < -0.4 is 16.4 Å². The van der Waals surface area contributed by atoms with Crippen LogP contribution in [-0.2, 0) is 20.7 Å². The van der Waals surface area contributed by atoms with E-state index in [4.69, 9.17) is 10.5 Å². The molecule has 6 nitrogen and oxygen atoms in total. The molecular formula is C14H17N3O3. The fourth-order valence-corrected chi connectivity index (χ4v) is 2.48. The third kappa shape index (κ3) is 2.39. The lowest BCUT2D eigenvalue weighted by Crippen LogP contribution is -2.51. The Kier molecular flexibility index (Phi) is 3.19. The van der Waals surface area contributed by atoms with Gasteiger partial charge in [-0.1, -0.05) is 0 Å². The third-order valence-electron chi connectivity index (χ3n) is 3.76. The maximum absolute atomic E-state index is 12.2. The fraction of sp³-hybridized carbons (Fsp3) is 0.429. The van der Waals surface area contributed by atoms with Gasteiger partial charge in [-0.3, -0.25) is 9.59 Å². The zero-order valence-electron chi connectivity index (χ0n) is 11.1. The van der Waals surface area contributed by atoms with Gasteiger partial charge in [-0.05, 0) is 36.6 Å². The molecule has 0 aromatic heterocycles. The molecule has 1 fully saturated rings. The number of benzene rings is 1. The molecule has 0 saturated carbocycles. The summed E-state index contributed by atoms with van der Waals surface area (Å²) >= 11 is 0. The standard InChI is InChI=1S/C14H17N3O3/c15-14(5-6-20-8-14)13(19)16-10-2-3-11-9(7-10)1-4-12(18)17-11/h2-3,7H,1,4-6,8,15H2,(H,16,19)(H,17,18). The maximum Gasteiger partial charge on any atom is 0.246 e. The van der Waals surface area contributed by atoms with Crippen molar-refractivity contribution < 1.29 is 14.3 Å². The lowest BCUT2D eigenvalue weighted by Gasteiger charge is -2.22. The first kappa shape index (κ1) is 13.1. The average molecular weight is 275 g/mol. The topological polar surface area (TPSA) is 93.5 Å². The normalized spacial score (nSPS) is 24.9. The van der Waals surface area contributed by atoms with Crippen LogP contribution in [0.25, 0.3) is 0 Å². The highest BCUT2D eigenvalue weighted by Gasteiger charge is 2.38. The van der Waals surface area contributed by atoms with E-state index in [0.717, 1.165) is 11.3 Å². The van der Waals surface area contributed by atoms with E-state index < -0.39 is 5.54 Å². The third-order valence-corrected chi connectivity index (χ3v) is 3.76. The van der Waals surface area contributed by atoms with E-state index in [2.05, 4.69) is 10.6 Å². The Hall–Kier alpha value is -1.92. The Morgan fingerprint density at radius 2 is 2.25 bits per heavy atom. The first-order chi connectivity index (χ1) is 9.57. The molecule has 3 rings (SSSR count). The zero-order valence-corrected chi connectivity index (χ0v) is 11.1. The number of ether oxygens (including phenoxy) is 1. The van der Waals surface area contributed by atoms with Crippen molar-refractivity contribution >= 4 is 23.2 Å². The Morgan fingerprint density at radius 3 is 3.00 bits per heavy atom. The second kappa shape index (κ2) is 4.88. The molecule has 2 aliphatic heterocycles. The number of nitrogens with two attached hydrogens (primary N) is 1. The van der Waals surface area contributed by atoms with Gasteiger partial charge < -0.3 is 21.1 Å². The van der Waals surface area contributed by atoms with Crippen molar-refractivity contribution in [1.29, 1.82) is 0 Å². The van der Waals surface area contributed by atoms with E-state index in [1.165, 1.54) is 0 Å². The maximum atomic E-state index is 12.2. The molecule has 20 heavy (non-hydrogen) atoms. The van der Waals surface area contributed by atoms with E-state index in [0.29, 0.717) is 31.6 Å². The van der Waals surface area contributed by atoms with Gasteiger partial charge in [-0.15, -0.1) is 0 Å². The molecule has 2 amide bonds. The minimum absolute atomic E-state index is 0.0262. The fourth-order valence-electron chi connectivity index (χ4n) is 2.48. The van der Waals surface area contributed by atoms with Crippen LogP contribution in [0.3, 0.4) is 0 Å². The number of fused-ring (bicyclic) bond motifs is 1. The summed E-state index contributed by atoms with van der Waals surface area (Å²) in [6, 6.07) is 5.45. The Bertz CT molecular complexity index is 565. The second-order valence-electron chi connectivity index (χ2n) is 5.33. The van der Waals surface area contributed by atoms with Gasteiger partial charge in [0.25, 0.3) is 0 Å². The summed E-state index contributed by atoms with van der Waals surface area (Å²) in [5.41, 5.74) is 7.60. The van der Waals surface area contributed by atoms with Gasteiger partial charge in [-0.2, -0.15) is 0 Å². The molecule has 6 heteroatoms. The molecule has 2 aliphatic rings. The number of nitrogens with one attached hydrogen (secondary N) is 2. The highest BCUT2D eigenvalue weighted by atomic mass is 16.5. The van der Waals surface area contributed by atoms with E-state index in [1.54, 1.807) is 12.1 Å². The van der Waals surface area contributed by atoms with Crippen LogP contribution in [0, 0.1) is 0 Å². The number of anilines is 2. The monoisotopic (exact) mass is 275 g/mol. The van der Waals surface area contributed by atoms with Crippen LogP contribution >= 0.6 is 0 Å². The van der Waals surface area contributed by atoms with Gasteiger partial charge >= 0.3 is 0 Å². The summed E-state index contributed by atoms with van der Waals surface area (Å²) in [5.74, 6) is -0.201. The largest absolute Gasteiger partial charge is 0.379 e. The number of amides is 2. The van der Waals surface area contributed by atoms with Crippen molar-refractivity contribution in [3.8, 4) is 0 Å². The highest BCUT2D eigenvalue weighted by molar-refractivity contribution is 5.99. The SMILES string of the molecule is NC1(C(=O)Nc2ccc3c(c2)CCC(=O)N3)CCOC1. The van der Waals surface area contributed by atoms with Crippen molar-refractivity contribution in [3.05, 3.63) is 23.8 Å². The minimum Gasteiger partial charge on any atom is -0.379 e. The summed E-state index contributed by atoms with van der Waals surface area (Å²) < 4.78 is 5.19. The molecule has 1 saturated heterocycles. The van der Waals surface area contributed by atoms with Crippen LogP contribution in [0.15, 0.2) is 18.2 Å². The quantitative estimate of drug-likeness (QED) is 0.738. The van der Waals surface area contributed by atoms with E-state index in [9.17, 15) is 9.59 Å². The lowest BCUT2D eigenvalue weighted by molar-refractivity contribution is -0.121. The first-order valence-corrected chi connectivity index (χ1v) is 6.68. The van der Waals surface area contributed by atoms with Gasteiger partial charge in [0.1, 0.15) is 5.54 Å². The Labute approximate surface area is 116 Å². The molecule has 1 aromatic carbocycles. The number of aryl methyl sites for hydroxylation is 1. The first-order valence-electron chi connectivity index (χ1n) is 6.68. The number of hydrogen-bond donors (Lipinski definition) is 3. The summed E-state index contributed by atoms with van der Waals surface area (Å²) in [6.07, 6.45) is 1.68. The predicted molar refractivity (Wildman–Crippen MR) is 74.4 cm³/mol. The van der Waals surface area contributed by atoms with Gasteiger partial charge in [0, 0.05) is 24.4 Å². The van der Waals surface area contributed by atoms with E-state index >= 15 is 0 Å². The number of carbonyl (C=O) groups is 2. The number of hydrogen-bond acceptors (Lipinski definition) is 4. The molecule has 1 unspecified atom stereocenters. The molecule has 0 spiro atoms. The smallest absolute Gasteiger partial charge is 0.246 e. The zero-order chi connectivity index (χ0) is 14.2. The van der Waals surface area contributed by atoms with E-state index in [-0.39, 0.29) is 18.4 Å². The van der Waals surface area contributed by atoms with E-state index in [1.807, 2.05) is 6.07 Å². The molecule has 106 valence electrons. The average Bonchev–Trinajstić information content (AvgIpc) is 2.87. The van der Waals surface area contributed by atoms with Gasteiger partial charge in [0.05, 0.1) is 6.61 Å². The number of carbonyl (C=O) groups excluding carboxylic acids is 2. The van der Waals surface area contributed by atoms with Gasteiger partial charge in [-0.25, -0.2) is 0 Å². The molecule has 1 atom stereocenters. The summed E-state index contributed by atoms with van der Waals surface area (Å²) in [5, 5.41) is 5.64. The van der Waals surface area contributed by atoms with Crippen LogP contribution in [0.5, 0.6) is 0 Å². The molecule has 1 aromatic rings. The van der Waals surface area contributed by atoms with Crippen molar-refractivity contribution in [2.75, 3.05) is 23.8 Å². The lowest BCUT2D eigenvalue weighted by atomic mass is 9.98.